The number of carbonyl (C=O) groups is 1. The second kappa shape index (κ2) is 14.1. The molecule has 4 rings (SSSR count). The van der Waals surface area contributed by atoms with E-state index in [0.29, 0.717) is 12.1 Å². The summed E-state index contributed by atoms with van der Waals surface area (Å²) in [6.45, 7) is 11.9. The zero-order chi connectivity index (χ0) is 30.3. The molecule has 0 saturated carbocycles. The first kappa shape index (κ1) is 31.4. The quantitative estimate of drug-likeness (QED) is 0.174. The first-order valence-corrected chi connectivity index (χ1v) is 14.9. The van der Waals surface area contributed by atoms with Crippen LogP contribution in [0.15, 0.2) is 79.0 Å². The molecular formula is C35H42F3N3O. The van der Waals surface area contributed by atoms with Gasteiger partial charge in [-0.25, -0.2) is 0 Å². The van der Waals surface area contributed by atoms with E-state index in [9.17, 15) is 18.0 Å². The number of hydrogen-bond acceptors (Lipinski definition) is 2. The number of alkyl halides is 3. The first-order chi connectivity index (χ1) is 20.1. The monoisotopic (exact) mass is 577 g/mol. The van der Waals surface area contributed by atoms with Gasteiger partial charge in [-0.15, -0.1) is 0 Å². The van der Waals surface area contributed by atoms with Crippen molar-refractivity contribution in [2.75, 3.05) is 19.6 Å². The molecule has 1 aromatic heterocycles. The lowest BCUT2D eigenvalue weighted by molar-refractivity contribution is -0.137. The highest BCUT2D eigenvalue weighted by Crippen LogP contribution is 2.38. The van der Waals surface area contributed by atoms with Gasteiger partial charge in [0.1, 0.15) is 0 Å². The number of nitrogens with one attached hydrogen (secondary N) is 1. The third-order valence-corrected chi connectivity index (χ3v) is 8.09. The molecule has 4 nitrogen and oxygen atoms in total. The average Bonchev–Trinajstić information content (AvgIpc) is 3.33. The van der Waals surface area contributed by atoms with E-state index >= 15 is 0 Å². The van der Waals surface area contributed by atoms with Gasteiger partial charge in [-0.1, -0.05) is 80.1 Å². The van der Waals surface area contributed by atoms with E-state index < -0.39 is 17.7 Å². The lowest BCUT2D eigenvalue weighted by Crippen LogP contribution is -2.34. The van der Waals surface area contributed by atoms with Crippen LogP contribution in [-0.4, -0.2) is 41.1 Å². The Balaban J connectivity index is 1.65. The maximum atomic E-state index is 13.7. The van der Waals surface area contributed by atoms with Gasteiger partial charge in [-0.2, -0.15) is 13.2 Å². The van der Waals surface area contributed by atoms with Gasteiger partial charge in [0.15, 0.2) is 0 Å². The van der Waals surface area contributed by atoms with E-state index in [0.717, 1.165) is 60.6 Å². The molecular weight excluding hydrogens is 535 g/mol. The third-order valence-electron chi connectivity index (χ3n) is 8.09. The summed E-state index contributed by atoms with van der Waals surface area (Å²) in [5.74, 6) is -0.706. The molecule has 42 heavy (non-hydrogen) atoms. The number of amides is 1. The Hall–Kier alpha value is -3.58. The zero-order valence-electron chi connectivity index (χ0n) is 25.0. The Kier molecular flexibility index (Phi) is 10.5. The van der Waals surface area contributed by atoms with E-state index in [1.807, 2.05) is 44.3 Å². The Morgan fingerprint density at radius 2 is 1.69 bits per heavy atom. The predicted molar refractivity (Wildman–Crippen MR) is 165 cm³/mol. The minimum atomic E-state index is -4.47. The number of nitrogens with zero attached hydrogens (tertiary/aromatic N) is 2. The van der Waals surface area contributed by atoms with Crippen molar-refractivity contribution in [3.63, 3.8) is 0 Å². The van der Waals surface area contributed by atoms with E-state index in [-0.39, 0.29) is 18.4 Å². The van der Waals surface area contributed by atoms with E-state index in [1.165, 1.54) is 17.7 Å². The van der Waals surface area contributed by atoms with Gasteiger partial charge in [0.2, 0.25) is 5.91 Å². The SMILES string of the molecule is CCN(CC)CCC[C@@H](C)NC(=O)C[C@@H](c1cccc(C(F)(F)F)c1)c1cn(Cc2ccc(C)cc2)c2ccccc12. The van der Waals surface area contributed by atoms with Crippen LogP contribution in [0, 0.1) is 6.92 Å². The fourth-order valence-corrected chi connectivity index (χ4v) is 5.67. The van der Waals surface area contributed by atoms with Crippen LogP contribution < -0.4 is 5.32 Å². The molecule has 224 valence electrons. The van der Waals surface area contributed by atoms with Crippen LogP contribution in [0.2, 0.25) is 0 Å². The van der Waals surface area contributed by atoms with Crippen LogP contribution in [0.4, 0.5) is 13.2 Å². The average molecular weight is 578 g/mol. The van der Waals surface area contributed by atoms with Crippen molar-refractivity contribution in [2.45, 2.75) is 71.6 Å². The van der Waals surface area contributed by atoms with Crippen LogP contribution in [0.25, 0.3) is 10.9 Å². The molecule has 4 aromatic rings. The maximum absolute atomic E-state index is 13.7. The van der Waals surface area contributed by atoms with E-state index in [2.05, 4.69) is 52.9 Å². The number of carbonyl (C=O) groups excluding carboxylic acids is 1. The summed E-state index contributed by atoms with van der Waals surface area (Å²) < 4.78 is 43.3. The van der Waals surface area contributed by atoms with Crippen molar-refractivity contribution < 1.29 is 18.0 Å². The molecule has 0 spiro atoms. The van der Waals surface area contributed by atoms with Crippen LogP contribution in [0.5, 0.6) is 0 Å². The molecule has 0 bridgehead atoms. The van der Waals surface area contributed by atoms with Crippen molar-refractivity contribution in [2.24, 2.45) is 0 Å². The molecule has 0 fully saturated rings. The fourth-order valence-electron chi connectivity index (χ4n) is 5.67. The first-order valence-electron chi connectivity index (χ1n) is 14.9. The number of aromatic nitrogens is 1. The number of benzene rings is 3. The number of fused-ring (bicyclic) bond motifs is 1. The molecule has 0 aliphatic rings. The molecule has 0 radical (unpaired) electrons. The predicted octanol–water partition coefficient (Wildman–Crippen LogP) is 8.17. The van der Waals surface area contributed by atoms with Crippen LogP contribution in [0.3, 0.4) is 0 Å². The molecule has 2 atom stereocenters. The normalized spacial score (nSPS) is 13.4. The van der Waals surface area contributed by atoms with Crippen LogP contribution in [0.1, 0.15) is 73.8 Å². The summed E-state index contributed by atoms with van der Waals surface area (Å²) in [6.07, 6.45) is -0.600. The van der Waals surface area contributed by atoms with E-state index in [1.54, 1.807) is 6.07 Å². The smallest absolute Gasteiger partial charge is 0.354 e. The molecule has 0 saturated heterocycles. The number of rotatable bonds is 13. The van der Waals surface area contributed by atoms with Gasteiger partial charge in [-0.3, -0.25) is 4.79 Å². The summed E-state index contributed by atoms with van der Waals surface area (Å²) in [7, 11) is 0. The summed E-state index contributed by atoms with van der Waals surface area (Å²) in [6, 6.07) is 21.6. The third kappa shape index (κ3) is 8.03. The highest BCUT2D eigenvalue weighted by Gasteiger charge is 2.32. The Morgan fingerprint density at radius 3 is 2.38 bits per heavy atom. The second-order valence-corrected chi connectivity index (χ2v) is 11.2. The van der Waals surface area contributed by atoms with Gasteiger partial charge in [0.25, 0.3) is 0 Å². The Labute approximate surface area is 247 Å². The van der Waals surface area contributed by atoms with Crippen molar-refractivity contribution >= 4 is 16.8 Å². The Morgan fingerprint density at radius 1 is 0.976 bits per heavy atom. The van der Waals surface area contributed by atoms with Gasteiger partial charge >= 0.3 is 6.18 Å². The molecule has 0 aliphatic heterocycles. The molecule has 1 N–H and O–H groups in total. The molecule has 3 aromatic carbocycles. The van der Waals surface area contributed by atoms with Gasteiger partial charge < -0.3 is 14.8 Å². The molecule has 0 aliphatic carbocycles. The fraction of sp³-hybridized carbons (Fsp3) is 0.400. The summed E-state index contributed by atoms with van der Waals surface area (Å²) in [5.41, 5.74) is 3.90. The largest absolute Gasteiger partial charge is 0.416 e. The molecule has 1 amide bonds. The summed E-state index contributed by atoms with van der Waals surface area (Å²) >= 11 is 0. The standard InChI is InChI=1S/C35H42F3N3O/c1-5-40(6-2)20-10-11-26(4)39-34(42)22-31(28-12-9-13-29(21-28)35(36,37)38)32-24-41(33-15-8-7-14-30(32)33)23-27-18-16-25(3)17-19-27/h7-9,12-19,21,24,26,31H,5-6,10-11,20,22-23H2,1-4H3,(H,39,42)/t26-,31+/m1/s1. The summed E-state index contributed by atoms with van der Waals surface area (Å²) in [5, 5.41) is 4.06. The maximum Gasteiger partial charge on any atom is 0.416 e. The lowest BCUT2D eigenvalue weighted by atomic mass is 9.87. The minimum absolute atomic E-state index is 0.0295. The topological polar surface area (TPSA) is 37.3 Å². The minimum Gasteiger partial charge on any atom is -0.354 e. The lowest BCUT2D eigenvalue weighted by Gasteiger charge is -2.22. The number of aryl methyl sites for hydroxylation is 1. The second-order valence-electron chi connectivity index (χ2n) is 11.2. The van der Waals surface area contributed by atoms with Crippen LogP contribution in [-0.2, 0) is 17.5 Å². The van der Waals surface area contributed by atoms with Gasteiger partial charge in [-0.05, 0) is 75.1 Å². The number of halogens is 3. The van der Waals surface area contributed by atoms with E-state index in [4.69, 9.17) is 0 Å². The number of hydrogen-bond donors (Lipinski definition) is 1. The Bertz CT molecular complexity index is 1450. The van der Waals surface area contributed by atoms with Crippen molar-refractivity contribution in [3.05, 3.63) is 107 Å². The van der Waals surface area contributed by atoms with Gasteiger partial charge in [0, 0.05) is 42.0 Å². The molecule has 0 unspecified atom stereocenters. The van der Waals surface area contributed by atoms with Crippen LogP contribution >= 0.6 is 0 Å². The molecule has 7 heteroatoms. The number of para-hydroxylation sites is 1. The van der Waals surface area contributed by atoms with Gasteiger partial charge in [0.05, 0.1) is 5.56 Å². The summed E-state index contributed by atoms with van der Waals surface area (Å²) in [4.78, 5) is 15.8. The zero-order valence-corrected chi connectivity index (χ0v) is 25.0. The highest BCUT2D eigenvalue weighted by molar-refractivity contribution is 5.87. The molecule has 1 heterocycles. The van der Waals surface area contributed by atoms with Crippen molar-refractivity contribution in [1.82, 2.24) is 14.8 Å². The van der Waals surface area contributed by atoms with Crippen molar-refractivity contribution in [3.8, 4) is 0 Å². The van der Waals surface area contributed by atoms with Crippen molar-refractivity contribution in [1.29, 1.82) is 0 Å². The highest BCUT2D eigenvalue weighted by atomic mass is 19.4.